The minimum absolute atomic E-state index is 0.109. The van der Waals surface area contributed by atoms with E-state index < -0.39 is 5.82 Å². The molecule has 9 heteroatoms. The summed E-state index contributed by atoms with van der Waals surface area (Å²) in [6, 6.07) is 15.1. The van der Waals surface area contributed by atoms with Crippen LogP contribution in [0, 0.1) is 5.82 Å². The highest BCUT2D eigenvalue weighted by Crippen LogP contribution is 2.30. The number of hydrogen-bond donors (Lipinski definition) is 1. The van der Waals surface area contributed by atoms with E-state index in [4.69, 9.17) is 0 Å². The summed E-state index contributed by atoms with van der Waals surface area (Å²) in [5.74, 6) is -0.159. The molecule has 0 spiro atoms. The molecular formula is C24H22FN5O2S. The van der Waals surface area contributed by atoms with E-state index in [0.29, 0.717) is 27.9 Å². The number of fused-ring (bicyclic) bond motifs is 3. The highest BCUT2D eigenvalue weighted by atomic mass is 32.2. The van der Waals surface area contributed by atoms with E-state index in [-0.39, 0.29) is 17.2 Å². The second-order valence-electron chi connectivity index (χ2n) is 7.90. The van der Waals surface area contributed by atoms with Crippen LogP contribution in [-0.2, 0) is 17.8 Å². The van der Waals surface area contributed by atoms with Crippen molar-refractivity contribution in [1.29, 1.82) is 0 Å². The van der Waals surface area contributed by atoms with Crippen LogP contribution in [0.15, 0.2) is 64.5 Å². The van der Waals surface area contributed by atoms with Crippen molar-refractivity contribution < 1.29 is 9.18 Å². The fourth-order valence-electron chi connectivity index (χ4n) is 4.10. The fourth-order valence-corrected chi connectivity index (χ4v) is 4.94. The Hall–Kier alpha value is -3.46. The van der Waals surface area contributed by atoms with Gasteiger partial charge in [-0.05, 0) is 49.6 Å². The van der Waals surface area contributed by atoms with E-state index in [9.17, 15) is 14.0 Å². The fraction of sp³-hybridized carbons (Fsp3) is 0.250. The van der Waals surface area contributed by atoms with Crippen molar-refractivity contribution in [3.8, 4) is 17.1 Å². The maximum absolute atomic E-state index is 13.4. The first-order valence-corrected chi connectivity index (χ1v) is 11.8. The summed E-state index contributed by atoms with van der Waals surface area (Å²) in [6.45, 7) is 0.738. The van der Waals surface area contributed by atoms with Crippen molar-refractivity contribution in [2.45, 2.75) is 37.4 Å². The first-order chi connectivity index (χ1) is 16.1. The summed E-state index contributed by atoms with van der Waals surface area (Å²) < 4.78 is 16.9. The quantitative estimate of drug-likeness (QED) is 0.356. The predicted molar refractivity (Wildman–Crippen MR) is 126 cm³/mol. The SMILES string of the molecule is O=C(CSc1nc2nn(-c3ccccc3)c(=O)c-2c2n1CCCCC2)Nc1cccc(F)c1. The maximum atomic E-state index is 13.4. The van der Waals surface area contributed by atoms with Gasteiger partial charge in [0.1, 0.15) is 11.4 Å². The maximum Gasteiger partial charge on any atom is 0.284 e. The van der Waals surface area contributed by atoms with Crippen LogP contribution < -0.4 is 10.9 Å². The number of anilines is 1. The van der Waals surface area contributed by atoms with Gasteiger partial charge in [-0.15, -0.1) is 5.10 Å². The summed E-state index contributed by atoms with van der Waals surface area (Å²) in [5.41, 5.74) is 2.41. The highest BCUT2D eigenvalue weighted by molar-refractivity contribution is 7.99. The van der Waals surface area contributed by atoms with E-state index in [1.54, 1.807) is 12.1 Å². The molecule has 2 aromatic carbocycles. The Bertz CT molecular complexity index is 1330. The van der Waals surface area contributed by atoms with Crippen LogP contribution in [0.5, 0.6) is 0 Å². The van der Waals surface area contributed by atoms with Crippen LogP contribution in [0.2, 0.25) is 0 Å². The number of benzene rings is 2. The molecule has 0 atom stereocenters. The summed E-state index contributed by atoms with van der Waals surface area (Å²) >= 11 is 1.30. The molecule has 0 saturated carbocycles. The Kier molecular flexibility index (Phi) is 5.95. The lowest BCUT2D eigenvalue weighted by Gasteiger charge is -2.17. The predicted octanol–water partition coefficient (Wildman–Crippen LogP) is 4.13. The van der Waals surface area contributed by atoms with Crippen molar-refractivity contribution >= 4 is 23.4 Å². The first kappa shape index (κ1) is 21.4. The number of aromatic nitrogens is 4. The molecule has 1 N–H and O–H groups in total. The number of hydrogen-bond acceptors (Lipinski definition) is 5. The lowest BCUT2D eigenvalue weighted by molar-refractivity contribution is -0.113. The zero-order valence-corrected chi connectivity index (χ0v) is 18.6. The molecule has 0 fully saturated rings. The third-order valence-electron chi connectivity index (χ3n) is 5.61. The van der Waals surface area contributed by atoms with Crippen LogP contribution >= 0.6 is 11.8 Å². The number of carbonyl (C=O) groups excluding carboxylic acids is 1. The average Bonchev–Trinajstić information content (AvgIpc) is 2.97. The number of rotatable bonds is 5. The molecule has 33 heavy (non-hydrogen) atoms. The molecule has 3 heterocycles. The van der Waals surface area contributed by atoms with E-state index in [2.05, 4.69) is 20.0 Å². The molecular weight excluding hydrogens is 441 g/mol. The molecule has 0 radical (unpaired) electrons. The van der Waals surface area contributed by atoms with Gasteiger partial charge in [0, 0.05) is 17.9 Å². The molecule has 3 aliphatic heterocycles. The molecule has 0 unspecified atom stereocenters. The van der Waals surface area contributed by atoms with E-state index in [1.165, 1.54) is 28.6 Å². The standard InChI is InChI=1S/C24H22FN5O2S/c25-16-8-7-9-17(14-16)26-20(31)15-33-24-27-22-21(19-12-5-2-6-13-29(19)24)23(32)30(28-22)18-10-3-1-4-11-18/h1,3-4,7-11,14H,2,5-6,12-13,15H2,(H,26,31). The van der Waals surface area contributed by atoms with Gasteiger partial charge in [0.25, 0.3) is 5.56 Å². The third-order valence-corrected chi connectivity index (χ3v) is 6.58. The Morgan fingerprint density at radius 3 is 2.76 bits per heavy atom. The molecule has 5 rings (SSSR count). The second-order valence-corrected chi connectivity index (χ2v) is 8.84. The lowest BCUT2D eigenvalue weighted by Crippen LogP contribution is -2.20. The topological polar surface area (TPSA) is 81.8 Å². The van der Waals surface area contributed by atoms with Gasteiger partial charge in [0.15, 0.2) is 11.0 Å². The molecule has 7 nitrogen and oxygen atoms in total. The molecule has 3 aliphatic rings. The van der Waals surface area contributed by atoms with Crippen LogP contribution in [0.25, 0.3) is 17.1 Å². The van der Waals surface area contributed by atoms with Crippen LogP contribution in [0.1, 0.15) is 25.0 Å². The van der Waals surface area contributed by atoms with Crippen LogP contribution in [0.3, 0.4) is 0 Å². The van der Waals surface area contributed by atoms with Gasteiger partial charge >= 0.3 is 0 Å². The van der Waals surface area contributed by atoms with Gasteiger partial charge in [0.2, 0.25) is 5.91 Å². The van der Waals surface area contributed by atoms with Crippen molar-refractivity contribution in [2.24, 2.45) is 0 Å². The van der Waals surface area contributed by atoms with E-state index in [1.807, 2.05) is 30.3 Å². The lowest BCUT2D eigenvalue weighted by atomic mass is 10.1. The number of para-hydroxylation sites is 1. The smallest absolute Gasteiger partial charge is 0.284 e. The second kappa shape index (κ2) is 9.19. The Balaban J connectivity index is 1.48. The Labute approximate surface area is 194 Å². The Morgan fingerprint density at radius 1 is 1.09 bits per heavy atom. The van der Waals surface area contributed by atoms with Gasteiger partial charge in [-0.2, -0.15) is 4.68 Å². The summed E-state index contributed by atoms with van der Waals surface area (Å²) in [7, 11) is 0. The molecule has 0 saturated heterocycles. The molecule has 0 aromatic heterocycles. The number of thioether (sulfide) groups is 1. The minimum atomic E-state index is -0.407. The van der Waals surface area contributed by atoms with Crippen molar-refractivity contribution in [2.75, 3.05) is 11.1 Å². The largest absolute Gasteiger partial charge is 0.325 e. The Morgan fingerprint density at radius 2 is 1.94 bits per heavy atom. The molecule has 168 valence electrons. The third kappa shape index (κ3) is 4.41. The number of amides is 1. The number of carbonyl (C=O) groups is 1. The van der Waals surface area contributed by atoms with Crippen molar-refractivity contribution in [1.82, 2.24) is 19.3 Å². The normalized spacial score (nSPS) is 13.5. The van der Waals surface area contributed by atoms with Gasteiger partial charge in [0.05, 0.1) is 11.4 Å². The zero-order chi connectivity index (χ0) is 22.8. The van der Waals surface area contributed by atoms with Gasteiger partial charge in [-0.1, -0.05) is 42.4 Å². The number of nitrogens with one attached hydrogen (secondary N) is 1. The van der Waals surface area contributed by atoms with Crippen LogP contribution in [0.4, 0.5) is 10.1 Å². The molecule has 0 aliphatic carbocycles. The monoisotopic (exact) mass is 463 g/mol. The number of nitrogens with zero attached hydrogens (tertiary/aromatic N) is 4. The minimum Gasteiger partial charge on any atom is -0.325 e. The van der Waals surface area contributed by atoms with E-state index in [0.717, 1.165) is 37.9 Å². The zero-order valence-electron chi connectivity index (χ0n) is 17.8. The summed E-state index contributed by atoms with van der Waals surface area (Å²) in [5, 5.41) is 7.88. The molecule has 2 aromatic rings. The van der Waals surface area contributed by atoms with E-state index >= 15 is 0 Å². The first-order valence-electron chi connectivity index (χ1n) is 10.9. The van der Waals surface area contributed by atoms with Gasteiger partial charge in [-0.25, -0.2) is 9.37 Å². The molecule has 0 bridgehead atoms. The number of halogens is 1. The average molecular weight is 464 g/mol. The summed E-state index contributed by atoms with van der Waals surface area (Å²) in [4.78, 5) is 30.4. The molecule has 1 amide bonds. The van der Waals surface area contributed by atoms with Gasteiger partial charge in [-0.3, -0.25) is 9.59 Å². The van der Waals surface area contributed by atoms with Crippen LogP contribution in [-0.4, -0.2) is 31.0 Å². The van der Waals surface area contributed by atoms with Crippen molar-refractivity contribution in [3.63, 3.8) is 0 Å². The van der Waals surface area contributed by atoms with Crippen molar-refractivity contribution in [3.05, 3.63) is 76.5 Å². The summed E-state index contributed by atoms with van der Waals surface area (Å²) in [6.07, 6.45) is 3.79. The highest BCUT2D eigenvalue weighted by Gasteiger charge is 2.27. The van der Waals surface area contributed by atoms with Gasteiger partial charge < -0.3 is 9.88 Å².